The van der Waals surface area contributed by atoms with Gasteiger partial charge in [-0.15, -0.1) is 0 Å². The van der Waals surface area contributed by atoms with Crippen LogP contribution in [0, 0.1) is 0 Å². The predicted molar refractivity (Wildman–Crippen MR) is 85.2 cm³/mol. The van der Waals surface area contributed by atoms with E-state index in [2.05, 4.69) is 14.7 Å². The first-order chi connectivity index (χ1) is 9.54. The van der Waals surface area contributed by atoms with Crippen molar-refractivity contribution in [3.63, 3.8) is 0 Å². The van der Waals surface area contributed by atoms with Crippen molar-refractivity contribution >= 4 is 15.7 Å². The molecule has 1 heterocycles. The molecule has 2 N–H and O–H groups in total. The Labute approximate surface area is 121 Å². The topological polar surface area (TPSA) is 74.8 Å². The lowest BCUT2D eigenvalue weighted by Gasteiger charge is -2.04. The van der Waals surface area contributed by atoms with Gasteiger partial charge in [0.1, 0.15) is 0 Å². The van der Waals surface area contributed by atoms with Crippen molar-refractivity contribution in [2.45, 2.75) is 27.7 Å². The van der Waals surface area contributed by atoms with E-state index in [0.717, 1.165) is 17.5 Å². The van der Waals surface area contributed by atoms with Crippen LogP contribution in [-0.4, -0.2) is 24.6 Å². The van der Waals surface area contributed by atoms with Crippen molar-refractivity contribution in [1.82, 2.24) is 9.97 Å². The summed E-state index contributed by atoms with van der Waals surface area (Å²) in [7, 11) is -3.21. The lowest BCUT2D eigenvalue weighted by molar-refractivity contribution is 0.607. The van der Waals surface area contributed by atoms with Crippen LogP contribution in [0.3, 0.4) is 0 Å². The van der Waals surface area contributed by atoms with E-state index in [1.165, 1.54) is 0 Å². The minimum Gasteiger partial charge on any atom is -0.345 e. The van der Waals surface area contributed by atoms with Crippen LogP contribution in [0.1, 0.15) is 27.7 Å². The number of nitrogens with one attached hydrogen (secondary N) is 2. The maximum Gasteiger partial charge on any atom is 0.229 e. The molecule has 5 nitrogen and oxygen atoms in total. The second-order valence-electron chi connectivity index (χ2n) is 3.42. The number of sulfonamides is 1. The van der Waals surface area contributed by atoms with Crippen molar-refractivity contribution in [3.8, 4) is 11.3 Å². The van der Waals surface area contributed by atoms with Crippen LogP contribution in [0.15, 0.2) is 36.8 Å². The number of hydrogen-bond donors (Lipinski definition) is 2. The summed E-state index contributed by atoms with van der Waals surface area (Å²) in [5.41, 5.74) is 2.40. The first-order valence-electron chi connectivity index (χ1n) is 6.61. The van der Waals surface area contributed by atoms with Gasteiger partial charge < -0.3 is 4.98 Å². The molecule has 0 saturated heterocycles. The Balaban J connectivity index is 0.000000829. The summed E-state index contributed by atoms with van der Waals surface area (Å²) in [5.74, 6) is 0. The molecule has 0 atom stereocenters. The summed E-state index contributed by atoms with van der Waals surface area (Å²) < 4.78 is 24.4. The van der Waals surface area contributed by atoms with E-state index < -0.39 is 10.0 Å². The van der Waals surface area contributed by atoms with Gasteiger partial charge in [-0.1, -0.05) is 39.8 Å². The first kappa shape index (κ1) is 18.2. The monoisotopic (exact) mass is 297 g/mol. The first-order valence-corrected chi connectivity index (χ1v) is 8.50. The molecule has 0 aliphatic rings. The van der Waals surface area contributed by atoms with Crippen LogP contribution in [-0.2, 0) is 10.0 Å². The molecule has 2 rings (SSSR count). The van der Waals surface area contributed by atoms with Crippen molar-refractivity contribution in [1.29, 1.82) is 0 Å². The Morgan fingerprint density at radius 3 is 2.00 bits per heavy atom. The third-order valence-electron chi connectivity index (χ3n) is 2.00. The molecule has 0 radical (unpaired) electrons. The minimum absolute atomic E-state index is 0.547. The SMILES string of the molecule is CC.CC.CS(=O)(=O)Nc1ccc(-c2cnc[nH]2)cc1. The van der Waals surface area contributed by atoms with Crippen molar-refractivity contribution in [3.05, 3.63) is 36.8 Å². The zero-order valence-electron chi connectivity index (χ0n) is 12.6. The molecule has 0 saturated carbocycles. The highest BCUT2D eigenvalue weighted by atomic mass is 32.2. The summed E-state index contributed by atoms with van der Waals surface area (Å²) >= 11 is 0. The second kappa shape index (κ2) is 9.14. The Kier molecular flexibility index (Phi) is 8.31. The highest BCUT2D eigenvalue weighted by Gasteiger charge is 2.02. The molecule has 0 amide bonds. The second-order valence-corrected chi connectivity index (χ2v) is 5.17. The van der Waals surface area contributed by atoms with E-state index in [1.807, 2.05) is 39.8 Å². The zero-order chi connectivity index (χ0) is 15.6. The van der Waals surface area contributed by atoms with Gasteiger partial charge in [0, 0.05) is 5.69 Å². The lowest BCUT2D eigenvalue weighted by Crippen LogP contribution is -2.09. The number of nitrogens with zero attached hydrogens (tertiary/aromatic N) is 1. The van der Waals surface area contributed by atoms with E-state index in [4.69, 9.17) is 0 Å². The standard InChI is InChI=1S/C10H11N3O2S.2C2H6/c1-16(14,15)13-9-4-2-8(3-5-9)10-6-11-7-12-10;2*1-2/h2-7,13H,1H3,(H,11,12);2*1-2H3. The van der Waals surface area contributed by atoms with Crippen LogP contribution >= 0.6 is 0 Å². The van der Waals surface area contributed by atoms with Gasteiger partial charge in [-0.05, 0) is 17.7 Å². The Morgan fingerprint density at radius 1 is 1.05 bits per heavy atom. The Morgan fingerprint density at radius 2 is 1.60 bits per heavy atom. The number of benzene rings is 1. The summed E-state index contributed by atoms with van der Waals surface area (Å²) in [6, 6.07) is 7.05. The summed E-state index contributed by atoms with van der Waals surface area (Å²) in [5, 5.41) is 0. The van der Waals surface area contributed by atoms with Gasteiger partial charge in [-0.25, -0.2) is 13.4 Å². The molecule has 0 unspecified atom stereocenters. The molecule has 2 aromatic rings. The van der Waals surface area contributed by atoms with Gasteiger partial charge in [-0.3, -0.25) is 4.72 Å². The van der Waals surface area contributed by atoms with Crippen molar-refractivity contribution in [2.24, 2.45) is 0 Å². The van der Waals surface area contributed by atoms with Gasteiger partial charge in [0.05, 0.1) is 24.5 Å². The van der Waals surface area contributed by atoms with Crippen molar-refractivity contribution < 1.29 is 8.42 Å². The third kappa shape index (κ3) is 6.38. The van der Waals surface area contributed by atoms with E-state index >= 15 is 0 Å². The van der Waals surface area contributed by atoms with Gasteiger partial charge in [-0.2, -0.15) is 0 Å². The number of aromatic amines is 1. The molecular weight excluding hydrogens is 274 g/mol. The average molecular weight is 297 g/mol. The van der Waals surface area contributed by atoms with E-state index in [0.29, 0.717) is 5.69 Å². The lowest BCUT2D eigenvalue weighted by atomic mass is 10.1. The fourth-order valence-electron chi connectivity index (χ4n) is 1.35. The van der Waals surface area contributed by atoms with Gasteiger partial charge in [0.15, 0.2) is 0 Å². The smallest absolute Gasteiger partial charge is 0.229 e. The predicted octanol–water partition coefficient (Wildman–Crippen LogP) is 3.50. The number of rotatable bonds is 3. The largest absolute Gasteiger partial charge is 0.345 e. The maximum atomic E-state index is 11.0. The molecule has 20 heavy (non-hydrogen) atoms. The fourth-order valence-corrected chi connectivity index (χ4v) is 1.91. The molecule has 1 aromatic carbocycles. The van der Waals surface area contributed by atoms with Crippen molar-refractivity contribution in [2.75, 3.05) is 11.0 Å². The molecule has 0 fully saturated rings. The van der Waals surface area contributed by atoms with Crippen LogP contribution < -0.4 is 4.72 Å². The van der Waals surface area contributed by atoms with E-state index in [9.17, 15) is 8.42 Å². The normalized spacial score (nSPS) is 9.65. The molecular formula is C14H23N3O2S. The molecule has 0 aliphatic carbocycles. The number of imidazole rings is 1. The van der Waals surface area contributed by atoms with Gasteiger partial charge in [0.25, 0.3) is 0 Å². The zero-order valence-corrected chi connectivity index (χ0v) is 13.5. The van der Waals surface area contributed by atoms with E-state index in [1.54, 1.807) is 24.7 Å². The highest BCUT2D eigenvalue weighted by Crippen LogP contribution is 2.18. The third-order valence-corrected chi connectivity index (χ3v) is 2.60. The summed E-state index contributed by atoms with van der Waals surface area (Å²) in [4.78, 5) is 6.88. The minimum atomic E-state index is -3.21. The molecule has 0 spiro atoms. The van der Waals surface area contributed by atoms with Gasteiger partial charge >= 0.3 is 0 Å². The number of anilines is 1. The summed E-state index contributed by atoms with van der Waals surface area (Å²) in [6.07, 6.45) is 4.42. The Hall–Kier alpha value is -1.82. The highest BCUT2D eigenvalue weighted by molar-refractivity contribution is 7.92. The molecule has 0 bridgehead atoms. The van der Waals surface area contributed by atoms with E-state index in [-0.39, 0.29) is 0 Å². The quantitative estimate of drug-likeness (QED) is 0.910. The molecule has 112 valence electrons. The number of hydrogen-bond acceptors (Lipinski definition) is 3. The van der Waals surface area contributed by atoms with Crippen LogP contribution in [0.4, 0.5) is 5.69 Å². The average Bonchev–Trinajstić information content (AvgIpc) is 2.96. The summed E-state index contributed by atoms with van der Waals surface area (Å²) in [6.45, 7) is 8.00. The fraction of sp³-hybridized carbons (Fsp3) is 0.357. The van der Waals surface area contributed by atoms with Crippen LogP contribution in [0.5, 0.6) is 0 Å². The van der Waals surface area contributed by atoms with Gasteiger partial charge in [0.2, 0.25) is 10.0 Å². The molecule has 0 aliphatic heterocycles. The molecule has 1 aromatic heterocycles. The van der Waals surface area contributed by atoms with Crippen LogP contribution in [0.25, 0.3) is 11.3 Å². The number of aromatic nitrogens is 2. The number of H-pyrrole nitrogens is 1. The van der Waals surface area contributed by atoms with Crippen LogP contribution in [0.2, 0.25) is 0 Å². The maximum absolute atomic E-state index is 11.0. The molecule has 6 heteroatoms. The Bertz CT molecular complexity index is 561.